The lowest BCUT2D eigenvalue weighted by atomic mass is 10.3. The number of carbonyl (C=O) groups is 2. The maximum Gasteiger partial charge on any atom is 0.239 e. The van der Waals surface area contributed by atoms with Crippen LogP contribution < -0.4 is 5.32 Å². The van der Waals surface area contributed by atoms with Crippen LogP contribution in [-0.4, -0.2) is 34.8 Å². The average Bonchev–Trinajstić information content (AvgIpc) is 2.36. The number of nitrogens with zero attached hydrogens (tertiary/aromatic N) is 2. The molecule has 0 spiro atoms. The number of rotatable bonds is 6. The second-order valence-electron chi connectivity index (χ2n) is 4.05. The molecule has 1 aromatic rings. The highest BCUT2D eigenvalue weighted by atomic mass is 16.2. The van der Waals surface area contributed by atoms with Gasteiger partial charge in [-0.3, -0.25) is 14.6 Å². The highest BCUT2D eigenvalue weighted by Crippen LogP contribution is 2.01. The van der Waals surface area contributed by atoms with Crippen LogP contribution in [0.4, 0.5) is 0 Å². The van der Waals surface area contributed by atoms with Crippen LogP contribution >= 0.6 is 0 Å². The van der Waals surface area contributed by atoms with Crippen LogP contribution in [0.1, 0.15) is 26.0 Å². The van der Waals surface area contributed by atoms with E-state index in [4.69, 9.17) is 0 Å². The minimum Gasteiger partial charge on any atom is -0.355 e. The first-order valence-corrected chi connectivity index (χ1v) is 6.05. The topological polar surface area (TPSA) is 62.3 Å². The van der Waals surface area contributed by atoms with E-state index in [-0.39, 0.29) is 18.4 Å². The first-order valence-electron chi connectivity index (χ1n) is 6.05. The standard InChI is InChI=1S/C13H19N3O2/c1-3-7-15-13(18)10-16(11(2)17)9-12-6-4-5-8-14-12/h4-6,8H,3,7,9-10H2,1-2H3,(H,15,18). The zero-order valence-corrected chi connectivity index (χ0v) is 10.8. The van der Waals surface area contributed by atoms with Gasteiger partial charge in [0.1, 0.15) is 0 Å². The smallest absolute Gasteiger partial charge is 0.239 e. The Morgan fingerprint density at radius 3 is 2.72 bits per heavy atom. The molecule has 5 nitrogen and oxygen atoms in total. The monoisotopic (exact) mass is 249 g/mol. The average molecular weight is 249 g/mol. The number of pyridine rings is 1. The van der Waals surface area contributed by atoms with Gasteiger partial charge in [0.2, 0.25) is 11.8 Å². The van der Waals surface area contributed by atoms with Gasteiger partial charge in [-0.1, -0.05) is 13.0 Å². The molecule has 5 heteroatoms. The van der Waals surface area contributed by atoms with Crippen molar-refractivity contribution in [2.75, 3.05) is 13.1 Å². The van der Waals surface area contributed by atoms with Crippen LogP contribution in [0.2, 0.25) is 0 Å². The second kappa shape index (κ2) is 7.42. The molecule has 0 aromatic carbocycles. The molecule has 2 amide bonds. The van der Waals surface area contributed by atoms with Gasteiger partial charge < -0.3 is 10.2 Å². The molecule has 1 rings (SSSR count). The summed E-state index contributed by atoms with van der Waals surface area (Å²) in [4.78, 5) is 28.7. The van der Waals surface area contributed by atoms with Crippen molar-refractivity contribution < 1.29 is 9.59 Å². The number of hydrogen-bond donors (Lipinski definition) is 1. The molecule has 0 aliphatic carbocycles. The fraction of sp³-hybridized carbons (Fsp3) is 0.462. The van der Waals surface area contributed by atoms with Crippen LogP contribution in [-0.2, 0) is 16.1 Å². The number of hydrogen-bond acceptors (Lipinski definition) is 3. The summed E-state index contributed by atoms with van der Waals surface area (Å²) in [5.41, 5.74) is 0.774. The zero-order valence-electron chi connectivity index (χ0n) is 10.8. The first-order chi connectivity index (χ1) is 8.63. The van der Waals surface area contributed by atoms with Gasteiger partial charge in [0, 0.05) is 19.7 Å². The van der Waals surface area contributed by atoms with Crippen LogP contribution in [0.5, 0.6) is 0 Å². The molecule has 1 aromatic heterocycles. The summed E-state index contributed by atoms with van der Waals surface area (Å²) >= 11 is 0. The molecule has 0 saturated heterocycles. The number of amides is 2. The van der Waals surface area contributed by atoms with E-state index < -0.39 is 0 Å². The molecule has 0 atom stereocenters. The Morgan fingerprint density at radius 1 is 1.39 bits per heavy atom. The third-order valence-electron chi connectivity index (χ3n) is 2.43. The van der Waals surface area contributed by atoms with E-state index >= 15 is 0 Å². The lowest BCUT2D eigenvalue weighted by molar-refractivity contribution is -0.134. The summed E-state index contributed by atoms with van der Waals surface area (Å²) in [5, 5.41) is 2.75. The third kappa shape index (κ3) is 4.95. The van der Waals surface area contributed by atoms with Crippen molar-refractivity contribution in [3.05, 3.63) is 30.1 Å². The van der Waals surface area contributed by atoms with Crippen molar-refractivity contribution in [1.29, 1.82) is 0 Å². The highest BCUT2D eigenvalue weighted by Gasteiger charge is 2.13. The van der Waals surface area contributed by atoms with E-state index in [0.717, 1.165) is 12.1 Å². The van der Waals surface area contributed by atoms with Gasteiger partial charge in [-0.05, 0) is 18.6 Å². The van der Waals surface area contributed by atoms with Gasteiger partial charge in [-0.2, -0.15) is 0 Å². The van der Waals surface area contributed by atoms with E-state index in [1.165, 1.54) is 11.8 Å². The molecule has 0 saturated carbocycles. The molecular weight excluding hydrogens is 230 g/mol. The molecule has 0 aliphatic heterocycles. The Hall–Kier alpha value is -1.91. The van der Waals surface area contributed by atoms with E-state index in [0.29, 0.717) is 13.1 Å². The van der Waals surface area contributed by atoms with Crippen molar-refractivity contribution >= 4 is 11.8 Å². The zero-order chi connectivity index (χ0) is 13.4. The lowest BCUT2D eigenvalue weighted by Gasteiger charge is -2.20. The molecule has 0 unspecified atom stereocenters. The molecule has 98 valence electrons. The maximum atomic E-state index is 11.6. The minimum atomic E-state index is -0.136. The highest BCUT2D eigenvalue weighted by molar-refractivity contribution is 5.83. The first kappa shape index (κ1) is 14.2. The Kier molecular flexibility index (Phi) is 5.84. The molecule has 0 radical (unpaired) electrons. The maximum absolute atomic E-state index is 11.6. The SMILES string of the molecule is CCCNC(=O)CN(Cc1ccccn1)C(C)=O. The van der Waals surface area contributed by atoms with E-state index in [2.05, 4.69) is 10.3 Å². The molecule has 0 aliphatic rings. The Balaban J connectivity index is 2.55. The van der Waals surface area contributed by atoms with E-state index in [1.54, 1.807) is 6.20 Å². The molecule has 18 heavy (non-hydrogen) atoms. The molecule has 0 bridgehead atoms. The van der Waals surface area contributed by atoms with Crippen LogP contribution in [0.15, 0.2) is 24.4 Å². The fourth-order valence-corrected chi connectivity index (χ4v) is 1.46. The Bertz CT molecular complexity index is 392. The van der Waals surface area contributed by atoms with Gasteiger partial charge in [0.05, 0.1) is 18.8 Å². The predicted octanol–water partition coefficient (Wildman–Crippen LogP) is 0.956. The lowest BCUT2D eigenvalue weighted by Crippen LogP contribution is -2.39. The van der Waals surface area contributed by atoms with Crippen LogP contribution in [0, 0.1) is 0 Å². The van der Waals surface area contributed by atoms with Gasteiger partial charge in [0.15, 0.2) is 0 Å². The Labute approximate surface area is 107 Å². The molecule has 1 N–H and O–H groups in total. The largest absolute Gasteiger partial charge is 0.355 e. The summed E-state index contributed by atoms with van der Waals surface area (Å²) in [6.45, 7) is 4.50. The van der Waals surface area contributed by atoms with E-state index in [9.17, 15) is 9.59 Å². The summed E-state index contributed by atoms with van der Waals surface area (Å²) in [6.07, 6.45) is 2.55. The minimum absolute atomic E-state index is 0.0753. The van der Waals surface area contributed by atoms with Crippen molar-refractivity contribution in [2.24, 2.45) is 0 Å². The van der Waals surface area contributed by atoms with Gasteiger partial charge in [-0.25, -0.2) is 0 Å². The molecular formula is C13H19N3O2. The number of carbonyl (C=O) groups excluding carboxylic acids is 2. The van der Waals surface area contributed by atoms with Crippen molar-refractivity contribution in [1.82, 2.24) is 15.2 Å². The molecule has 1 heterocycles. The van der Waals surface area contributed by atoms with Gasteiger partial charge >= 0.3 is 0 Å². The number of aromatic nitrogens is 1. The Morgan fingerprint density at radius 2 is 2.17 bits per heavy atom. The van der Waals surface area contributed by atoms with Crippen molar-refractivity contribution in [3.63, 3.8) is 0 Å². The number of nitrogens with one attached hydrogen (secondary N) is 1. The van der Waals surface area contributed by atoms with Crippen LogP contribution in [0.3, 0.4) is 0 Å². The van der Waals surface area contributed by atoms with Crippen LogP contribution in [0.25, 0.3) is 0 Å². The molecule has 0 fully saturated rings. The normalized spacial score (nSPS) is 9.89. The third-order valence-corrected chi connectivity index (χ3v) is 2.43. The summed E-state index contributed by atoms with van der Waals surface area (Å²) in [6, 6.07) is 5.51. The summed E-state index contributed by atoms with van der Waals surface area (Å²) < 4.78 is 0. The van der Waals surface area contributed by atoms with Crippen molar-refractivity contribution in [2.45, 2.75) is 26.8 Å². The fourth-order valence-electron chi connectivity index (χ4n) is 1.46. The van der Waals surface area contributed by atoms with Gasteiger partial charge in [0.25, 0.3) is 0 Å². The quantitative estimate of drug-likeness (QED) is 0.816. The van der Waals surface area contributed by atoms with Crippen molar-refractivity contribution in [3.8, 4) is 0 Å². The summed E-state index contributed by atoms with van der Waals surface area (Å²) in [7, 11) is 0. The van der Waals surface area contributed by atoms with E-state index in [1.807, 2.05) is 25.1 Å². The second-order valence-corrected chi connectivity index (χ2v) is 4.05. The predicted molar refractivity (Wildman–Crippen MR) is 68.6 cm³/mol. The summed E-state index contributed by atoms with van der Waals surface area (Å²) in [5.74, 6) is -0.268. The van der Waals surface area contributed by atoms with Gasteiger partial charge in [-0.15, -0.1) is 0 Å².